The molecule has 3 aliphatic carbocycles. The predicted octanol–water partition coefficient (Wildman–Crippen LogP) is 6.47. The van der Waals surface area contributed by atoms with Crippen molar-refractivity contribution in [2.45, 2.75) is 84.0 Å². The van der Waals surface area contributed by atoms with Crippen LogP contribution in [0.2, 0.25) is 0 Å². The van der Waals surface area contributed by atoms with E-state index in [0.717, 1.165) is 39.4 Å². The Morgan fingerprint density at radius 2 is 1.79 bits per heavy atom. The molecular formula is C38H46BN3O5. The van der Waals surface area contributed by atoms with Crippen LogP contribution in [0.5, 0.6) is 5.75 Å². The summed E-state index contributed by atoms with van der Waals surface area (Å²) in [5, 5.41) is 9.29. The summed E-state index contributed by atoms with van der Waals surface area (Å²) in [6.45, 7) is 11.2. The van der Waals surface area contributed by atoms with E-state index >= 15 is 0 Å². The van der Waals surface area contributed by atoms with Crippen LogP contribution >= 0.6 is 0 Å². The van der Waals surface area contributed by atoms with Crippen LogP contribution in [0.25, 0.3) is 21.7 Å². The quantitative estimate of drug-likeness (QED) is 0.174. The minimum Gasteiger partial charge on any atom is -0.497 e. The molecule has 3 saturated carbocycles. The molecule has 4 fully saturated rings. The predicted molar refractivity (Wildman–Crippen MR) is 185 cm³/mol. The van der Waals surface area contributed by atoms with E-state index in [1.165, 1.54) is 6.42 Å². The van der Waals surface area contributed by atoms with Crippen molar-refractivity contribution < 1.29 is 23.6 Å². The fourth-order valence-corrected chi connectivity index (χ4v) is 8.56. The largest absolute Gasteiger partial charge is 0.497 e. The van der Waals surface area contributed by atoms with Crippen molar-refractivity contribution in [3.05, 3.63) is 78.0 Å². The summed E-state index contributed by atoms with van der Waals surface area (Å²) in [4.78, 5) is 31.4. The Morgan fingerprint density at radius 1 is 1.02 bits per heavy atom. The van der Waals surface area contributed by atoms with Gasteiger partial charge in [0.15, 0.2) is 0 Å². The zero-order valence-corrected chi connectivity index (χ0v) is 28.3. The van der Waals surface area contributed by atoms with Crippen LogP contribution in [0.1, 0.15) is 69.8 Å². The number of benzene rings is 3. The number of hydrogen-bond acceptors (Lipinski definition) is 5. The monoisotopic (exact) mass is 635 g/mol. The van der Waals surface area contributed by atoms with E-state index < -0.39 is 13.2 Å². The van der Waals surface area contributed by atoms with E-state index in [2.05, 4.69) is 50.2 Å². The maximum absolute atomic E-state index is 14.3. The number of aromatic nitrogens is 1. The molecule has 4 aliphatic rings. The van der Waals surface area contributed by atoms with Gasteiger partial charge in [-0.1, -0.05) is 58.0 Å². The van der Waals surface area contributed by atoms with Crippen LogP contribution in [0.4, 0.5) is 0 Å². The highest BCUT2D eigenvalue weighted by Crippen LogP contribution is 2.65. The number of fused-ring (bicyclic) bond motifs is 2. The lowest BCUT2D eigenvalue weighted by Gasteiger charge is -2.64. The maximum Gasteiger partial charge on any atom is 0.481 e. The van der Waals surface area contributed by atoms with Crippen molar-refractivity contribution in [3.63, 3.8) is 0 Å². The van der Waals surface area contributed by atoms with Crippen LogP contribution in [-0.4, -0.2) is 54.7 Å². The number of H-pyrrole nitrogens is 1. The molecule has 0 radical (unpaired) electrons. The fourth-order valence-electron chi connectivity index (χ4n) is 8.56. The third-order valence-corrected chi connectivity index (χ3v) is 11.4. The summed E-state index contributed by atoms with van der Waals surface area (Å²) in [6.07, 6.45) is 5.11. The van der Waals surface area contributed by atoms with E-state index in [-0.39, 0.29) is 34.9 Å². The average molecular weight is 636 g/mol. The molecule has 0 unspecified atom stereocenters. The number of hydrogen-bond donors (Lipinski definition) is 3. The van der Waals surface area contributed by atoms with Gasteiger partial charge in [0.25, 0.3) is 5.91 Å². The van der Waals surface area contributed by atoms with Crippen molar-refractivity contribution in [2.75, 3.05) is 7.11 Å². The highest BCUT2D eigenvalue weighted by atomic mass is 16.7. The van der Waals surface area contributed by atoms with Crippen LogP contribution in [0, 0.1) is 23.2 Å². The highest BCUT2D eigenvalue weighted by molar-refractivity contribution is 6.48. The summed E-state index contributed by atoms with van der Waals surface area (Å²) in [5.74, 6) is 1.20. The lowest BCUT2D eigenvalue weighted by atomic mass is 9.43. The normalized spacial score (nSPS) is 25.7. The fraction of sp³-hybridized carbons (Fsp3) is 0.474. The number of aromatic amines is 1. The topological polar surface area (TPSA) is 102 Å². The molecule has 9 heteroatoms. The second kappa shape index (κ2) is 12.0. The number of amides is 2. The van der Waals surface area contributed by atoms with E-state index in [0.29, 0.717) is 36.2 Å². The van der Waals surface area contributed by atoms with Gasteiger partial charge in [0.2, 0.25) is 5.91 Å². The van der Waals surface area contributed by atoms with Crippen molar-refractivity contribution >= 4 is 40.6 Å². The zero-order valence-electron chi connectivity index (χ0n) is 28.3. The first-order valence-electron chi connectivity index (χ1n) is 17.0. The molecule has 4 aromatic rings. The SMILES string of the molecule is COc1ccc2cc(C(=O)N[C@@H](Cc3c[nH]c4ccccc34)C(=O)N[C@@H](CC(C)C)B3O[C@@H]4C[C@@H]5C[C@@H](C5(C)C)[C@]4(C)O3)ccc2c1. The Kier molecular flexibility index (Phi) is 8.12. The number of para-hydroxylation sites is 1. The minimum atomic E-state index is -0.825. The summed E-state index contributed by atoms with van der Waals surface area (Å²) in [6, 6.07) is 18.5. The Hall–Kier alpha value is -3.82. The molecule has 6 atom stereocenters. The number of ether oxygens (including phenoxy) is 1. The molecule has 8 nitrogen and oxygen atoms in total. The van der Waals surface area contributed by atoms with Gasteiger partial charge >= 0.3 is 7.12 Å². The van der Waals surface area contributed by atoms with E-state index in [4.69, 9.17) is 14.0 Å². The molecule has 3 aromatic carbocycles. The van der Waals surface area contributed by atoms with Crippen molar-refractivity contribution in [1.82, 2.24) is 15.6 Å². The van der Waals surface area contributed by atoms with Gasteiger partial charge in [0.05, 0.1) is 24.8 Å². The molecular weight excluding hydrogens is 589 g/mol. The maximum atomic E-state index is 14.3. The molecule has 2 bridgehead atoms. The van der Waals surface area contributed by atoms with Crippen LogP contribution in [-0.2, 0) is 20.5 Å². The van der Waals surface area contributed by atoms with E-state index in [1.54, 1.807) is 13.2 Å². The second-order valence-corrected chi connectivity index (χ2v) is 15.1. The number of methoxy groups -OCH3 is 1. The van der Waals surface area contributed by atoms with E-state index in [9.17, 15) is 9.59 Å². The molecule has 8 rings (SSSR count). The molecule has 2 amide bonds. The van der Waals surface area contributed by atoms with Crippen LogP contribution in [0.3, 0.4) is 0 Å². The van der Waals surface area contributed by atoms with Crippen molar-refractivity contribution in [3.8, 4) is 5.75 Å². The average Bonchev–Trinajstić information content (AvgIpc) is 3.63. The molecule has 246 valence electrons. The third-order valence-electron chi connectivity index (χ3n) is 11.4. The van der Waals surface area contributed by atoms with Crippen molar-refractivity contribution in [2.24, 2.45) is 23.2 Å². The molecule has 1 aliphatic heterocycles. The Bertz CT molecular complexity index is 1820. The van der Waals surface area contributed by atoms with Gasteiger partial charge < -0.3 is 29.7 Å². The first-order chi connectivity index (χ1) is 22.5. The first kappa shape index (κ1) is 31.8. The zero-order chi connectivity index (χ0) is 33.1. The number of rotatable bonds is 10. The third kappa shape index (κ3) is 5.71. The molecule has 1 saturated heterocycles. The van der Waals surface area contributed by atoms with Gasteiger partial charge in [-0.25, -0.2) is 0 Å². The second-order valence-electron chi connectivity index (χ2n) is 15.1. The molecule has 3 N–H and O–H groups in total. The summed E-state index contributed by atoms with van der Waals surface area (Å²) in [5.41, 5.74) is 2.28. The smallest absolute Gasteiger partial charge is 0.481 e. The lowest BCUT2D eigenvalue weighted by Crippen LogP contribution is -2.65. The molecule has 2 heterocycles. The van der Waals surface area contributed by atoms with Gasteiger partial charge in [-0.05, 0) is 96.0 Å². The molecule has 0 spiro atoms. The van der Waals surface area contributed by atoms with Crippen molar-refractivity contribution in [1.29, 1.82) is 0 Å². The van der Waals surface area contributed by atoms with Gasteiger partial charge in [0, 0.05) is 29.1 Å². The van der Waals surface area contributed by atoms with Crippen LogP contribution < -0.4 is 15.4 Å². The summed E-state index contributed by atoms with van der Waals surface area (Å²) < 4.78 is 18.8. The minimum absolute atomic E-state index is 0.0189. The van der Waals surface area contributed by atoms with Gasteiger partial charge in [-0.15, -0.1) is 0 Å². The van der Waals surface area contributed by atoms with Gasteiger partial charge in [0.1, 0.15) is 11.8 Å². The summed E-state index contributed by atoms with van der Waals surface area (Å²) in [7, 11) is 1.09. The highest BCUT2D eigenvalue weighted by Gasteiger charge is 2.68. The Labute approximate surface area is 277 Å². The molecule has 1 aromatic heterocycles. The standard InChI is InChI=1S/C38H46BN3O5/c1-22(2)15-34(39-46-33-20-27-19-32(37(27,3)4)38(33,5)47-39)42-36(44)31(18-26-21-40-30-10-8-7-9-29(26)30)41-35(43)25-12-11-24-17-28(45-6)14-13-23(24)16-25/h7-14,16-17,21-22,27,31-34,40H,15,18-20H2,1-6H3,(H,41,43)(H,42,44)/t27-,31-,32-,33+,34-,38-/m0/s1. The number of nitrogens with one attached hydrogen (secondary N) is 3. The van der Waals surface area contributed by atoms with Crippen LogP contribution in [0.15, 0.2) is 66.9 Å². The van der Waals surface area contributed by atoms with E-state index in [1.807, 2.05) is 60.8 Å². The lowest BCUT2D eigenvalue weighted by molar-refractivity contribution is -0.199. The molecule has 47 heavy (non-hydrogen) atoms. The Morgan fingerprint density at radius 3 is 2.55 bits per heavy atom. The number of carbonyl (C=O) groups is 2. The number of carbonyl (C=O) groups excluding carboxylic acids is 2. The Balaban J connectivity index is 1.14. The summed E-state index contributed by atoms with van der Waals surface area (Å²) >= 11 is 0. The van der Waals surface area contributed by atoms with Gasteiger partial charge in [-0.3, -0.25) is 9.59 Å². The first-order valence-corrected chi connectivity index (χ1v) is 17.0. The van der Waals surface area contributed by atoms with Gasteiger partial charge in [-0.2, -0.15) is 0 Å².